The average Bonchev–Trinajstić information content (AvgIpc) is 2.45. The molecule has 2 aromatic rings. The number of benzene rings is 1. The van der Waals surface area contributed by atoms with Gasteiger partial charge in [-0.3, -0.25) is 9.78 Å². The number of hydrogen-bond donors (Lipinski definition) is 0. The molecule has 1 aromatic heterocycles. The van der Waals surface area contributed by atoms with E-state index in [0.717, 1.165) is 4.90 Å². The molecule has 0 aliphatic rings. The van der Waals surface area contributed by atoms with Crippen LogP contribution in [0.1, 0.15) is 10.4 Å². The largest absolute Gasteiger partial charge is 0.495 e. The molecule has 0 amide bonds. The first-order valence-electron chi connectivity index (χ1n) is 5.59. The minimum absolute atomic E-state index is 0.0105. The zero-order valence-corrected chi connectivity index (χ0v) is 11.9. The van der Waals surface area contributed by atoms with Gasteiger partial charge in [0.15, 0.2) is 5.78 Å². The van der Waals surface area contributed by atoms with E-state index < -0.39 is 0 Å². The van der Waals surface area contributed by atoms with Gasteiger partial charge in [0.25, 0.3) is 0 Å². The second-order valence-electron chi connectivity index (χ2n) is 3.78. The summed E-state index contributed by atoms with van der Waals surface area (Å²) in [4.78, 5) is 17.0. The highest BCUT2D eigenvalue weighted by atomic mass is 35.5. The Morgan fingerprint density at radius 2 is 2.21 bits per heavy atom. The van der Waals surface area contributed by atoms with Crippen LogP contribution in [0.5, 0.6) is 5.75 Å². The number of carbonyl (C=O) groups excluding carboxylic acids is 1. The number of ether oxygens (including phenoxy) is 1. The van der Waals surface area contributed by atoms with Gasteiger partial charge in [0, 0.05) is 21.7 Å². The molecule has 0 N–H and O–H groups in total. The van der Waals surface area contributed by atoms with E-state index in [9.17, 15) is 4.79 Å². The fourth-order valence-electron chi connectivity index (χ4n) is 1.47. The van der Waals surface area contributed by atoms with E-state index in [1.165, 1.54) is 11.8 Å². The van der Waals surface area contributed by atoms with Crippen molar-refractivity contribution in [1.82, 2.24) is 4.98 Å². The van der Waals surface area contributed by atoms with Gasteiger partial charge >= 0.3 is 0 Å². The highest BCUT2D eigenvalue weighted by Gasteiger charge is 2.08. The first-order valence-corrected chi connectivity index (χ1v) is 6.96. The van der Waals surface area contributed by atoms with Crippen molar-refractivity contribution < 1.29 is 9.53 Å². The van der Waals surface area contributed by atoms with Crippen molar-refractivity contribution in [3.8, 4) is 5.75 Å². The topological polar surface area (TPSA) is 39.2 Å². The minimum Gasteiger partial charge on any atom is -0.495 e. The summed E-state index contributed by atoms with van der Waals surface area (Å²) in [5.74, 6) is 0.935. The van der Waals surface area contributed by atoms with Crippen molar-refractivity contribution in [3.63, 3.8) is 0 Å². The van der Waals surface area contributed by atoms with Gasteiger partial charge in [-0.15, -0.1) is 11.8 Å². The van der Waals surface area contributed by atoms with Crippen LogP contribution in [0.15, 0.2) is 47.6 Å². The standard InChI is InChI=1S/C14H12ClNO2S/c1-18-12-5-10(7-16-8-12)14(17)9-19-13-4-2-3-11(15)6-13/h2-8H,9H2,1H3. The molecule has 0 bridgehead atoms. The van der Waals surface area contributed by atoms with Crippen molar-refractivity contribution in [3.05, 3.63) is 53.3 Å². The Labute approximate surface area is 121 Å². The highest BCUT2D eigenvalue weighted by Crippen LogP contribution is 2.23. The Morgan fingerprint density at radius 3 is 2.95 bits per heavy atom. The van der Waals surface area contributed by atoms with Gasteiger partial charge in [-0.05, 0) is 24.3 Å². The van der Waals surface area contributed by atoms with E-state index >= 15 is 0 Å². The summed E-state index contributed by atoms with van der Waals surface area (Å²) >= 11 is 7.34. The summed E-state index contributed by atoms with van der Waals surface area (Å²) in [5.41, 5.74) is 0.550. The van der Waals surface area contributed by atoms with E-state index in [1.807, 2.05) is 18.2 Å². The Balaban J connectivity index is 2.01. The van der Waals surface area contributed by atoms with Crippen molar-refractivity contribution in [2.24, 2.45) is 0 Å². The summed E-state index contributed by atoms with van der Waals surface area (Å²) in [7, 11) is 1.55. The summed E-state index contributed by atoms with van der Waals surface area (Å²) in [6, 6.07) is 9.12. The summed E-state index contributed by atoms with van der Waals surface area (Å²) in [6.45, 7) is 0. The van der Waals surface area contributed by atoms with Crippen LogP contribution in [0.3, 0.4) is 0 Å². The van der Waals surface area contributed by atoms with Gasteiger partial charge in [-0.1, -0.05) is 17.7 Å². The molecule has 1 aromatic carbocycles. The quantitative estimate of drug-likeness (QED) is 0.622. The molecule has 0 aliphatic carbocycles. The molecule has 5 heteroatoms. The van der Waals surface area contributed by atoms with E-state index in [1.54, 1.807) is 31.6 Å². The van der Waals surface area contributed by atoms with E-state index in [0.29, 0.717) is 22.1 Å². The lowest BCUT2D eigenvalue weighted by Gasteiger charge is -2.04. The number of pyridine rings is 1. The molecule has 0 spiro atoms. The second kappa shape index (κ2) is 6.59. The molecule has 0 saturated heterocycles. The van der Waals surface area contributed by atoms with E-state index in [-0.39, 0.29) is 5.78 Å². The van der Waals surface area contributed by atoms with Crippen LogP contribution in [0.25, 0.3) is 0 Å². The van der Waals surface area contributed by atoms with Crippen molar-refractivity contribution in [2.75, 3.05) is 12.9 Å². The number of methoxy groups -OCH3 is 1. The number of ketones is 1. The molecule has 0 aliphatic heterocycles. The van der Waals surface area contributed by atoms with Crippen molar-refractivity contribution >= 4 is 29.1 Å². The molecule has 0 unspecified atom stereocenters. The van der Waals surface area contributed by atoms with Gasteiger partial charge < -0.3 is 4.74 Å². The van der Waals surface area contributed by atoms with Gasteiger partial charge in [-0.25, -0.2) is 0 Å². The Hall–Kier alpha value is -1.52. The zero-order valence-electron chi connectivity index (χ0n) is 10.3. The number of halogens is 1. The van der Waals surface area contributed by atoms with Crippen LogP contribution in [-0.4, -0.2) is 23.6 Å². The van der Waals surface area contributed by atoms with Gasteiger partial charge in [0.1, 0.15) is 5.75 Å². The molecule has 1 heterocycles. The lowest BCUT2D eigenvalue weighted by molar-refractivity contribution is 0.102. The minimum atomic E-state index is 0.0105. The normalized spacial score (nSPS) is 10.2. The van der Waals surface area contributed by atoms with Crippen LogP contribution < -0.4 is 4.74 Å². The molecule has 98 valence electrons. The molecule has 0 atom stereocenters. The first kappa shape index (κ1) is 13.9. The van der Waals surface area contributed by atoms with Crippen LogP contribution in [0, 0.1) is 0 Å². The Kier molecular flexibility index (Phi) is 4.82. The molecule has 0 fully saturated rings. The molecule has 0 saturated carbocycles. The monoisotopic (exact) mass is 293 g/mol. The number of aromatic nitrogens is 1. The van der Waals surface area contributed by atoms with Crippen LogP contribution >= 0.6 is 23.4 Å². The third kappa shape index (κ3) is 3.98. The molecule has 3 nitrogen and oxygen atoms in total. The lowest BCUT2D eigenvalue weighted by atomic mass is 10.2. The summed E-state index contributed by atoms with van der Waals surface area (Å²) in [5, 5.41) is 0.667. The van der Waals surface area contributed by atoms with Gasteiger partial charge in [0.05, 0.1) is 19.1 Å². The predicted molar refractivity (Wildman–Crippen MR) is 77.3 cm³/mol. The maximum Gasteiger partial charge on any atom is 0.174 e. The fraction of sp³-hybridized carbons (Fsp3) is 0.143. The second-order valence-corrected chi connectivity index (χ2v) is 5.27. The summed E-state index contributed by atoms with van der Waals surface area (Å²) in [6.07, 6.45) is 3.12. The molecule has 19 heavy (non-hydrogen) atoms. The highest BCUT2D eigenvalue weighted by molar-refractivity contribution is 8.00. The summed E-state index contributed by atoms with van der Waals surface area (Å²) < 4.78 is 5.04. The van der Waals surface area contributed by atoms with Gasteiger partial charge in [-0.2, -0.15) is 0 Å². The smallest absolute Gasteiger partial charge is 0.174 e. The fourth-order valence-corrected chi connectivity index (χ4v) is 2.58. The number of thioether (sulfide) groups is 1. The van der Waals surface area contributed by atoms with Crippen LogP contribution in [0.4, 0.5) is 0 Å². The molecular formula is C14H12ClNO2S. The first-order chi connectivity index (χ1) is 9.19. The molecule has 0 radical (unpaired) electrons. The molecular weight excluding hydrogens is 282 g/mol. The zero-order chi connectivity index (χ0) is 13.7. The van der Waals surface area contributed by atoms with Crippen LogP contribution in [0.2, 0.25) is 5.02 Å². The number of Topliss-reactive ketones (excluding diaryl/α,β-unsaturated/α-hetero) is 1. The van der Waals surface area contributed by atoms with Crippen molar-refractivity contribution in [1.29, 1.82) is 0 Å². The predicted octanol–water partition coefficient (Wildman–Crippen LogP) is 3.72. The number of nitrogens with zero attached hydrogens (tertiary/aromatic N) is 1. The third-order valence-electron chi connectivity index (χ3n) is 2.44. The van der Waals surface area contributed by atoms with E-state index in [2.05, 4.69) is 4.98 Å². The third-order valence-corrected chi connectivity index (χ3v) is 3.67. The Bertz CT molecular complexity index is 589. The van der Waals surface area contributed by atoms with Crippen molar-refractivity contribution in [2.45, 2.75) is 4.90 Å². The van der Waals surface area contributed by atoms with E-state index in [4.69, 9.17) is 16.3 Å². The van der Waals surface area contributed by atoms with Gasteiger partial charge in [0.2, 0.25) is 0 Å². The average molecular weight is 294 g/mol. The SMILES string of the molecule is COc1cncc(C(=O)CSc2cccc(Cl)c2)c1. The Morgan fingerprint density at radius 1 is 1.37 bits per heavy atom. The maximum absolute atomic E-state index is 12.0. The number of hydrogen-bond acceptors (Lipinski definition) is 4. The number of rotatable bonds is 5. The number of carbonyl (C=O) groups is 1. The van der Waals surface area contributed by atoms with Crippen LogP contribution in [-0.2, 0) is 0 Å². The maximum atomic E-state index is 12.0. The molecule has 2 rings (SSSR count). The lowest BCUT2D eigenvalue weighted by Crippen LogP contribution is -2.03.